The molecule has 0 aromatic heterocycles. The average molecular weight is 206 g/mol. The van der Waals surface area contributed by atoms with Crippen LogP contribution in [0.1, 0.15) is 41.0 Å². The number of hydrazine groups is 1. The van der Waals surface area contributed by atoms with Gasteiger partial charge in [-0.2, -0.15) is 0 Å². The number of hydrogen-bond donors (Lipinski definition) is 3. The average Bonchev–Trinajstić information content (AvgIpc) is 2.21. The molecule has 0 spiro atoms. The molecule has 0 aliphatic rings. The first-order valence-corrected chi connectivity index (χ1v) is 4.80. The van der Waals surface area contributed by atoms with E-state index in [1.54, 1.807) is 0 Å². The number of aliphatic carboxylic acids is 1. The van der Waals surface area contributed by atoms with Gasteiger partial charge in [0, 0.05) is 5.92 Å². The molecule has 5 nitrogen and oxygen atoms in total. The van der Waals surface area contributed by atoms with Crippen LogP contribution in [0.3, 0.4) is 0 Å². The van der Waals surface area contributed by atoms with E-state index in [-0.39, 0.29) is 6.42 Å². The molecule has 0 radical (unpaired) electrons. The van der Waals surface area contributed by atoms with Gasteiger partial charge in [-0.25, -0.2) is 5.84 Å². The summed E-state index contributed by atoms with van der Waals surface area (Å²) in [5, 5.41) is 8.21. The molecular weight excluding hydrogens is 184 g/mol. The highest BCUT2D eigenvalue weighted by Crippen LogP contribution is 1.99. The lowest BCUT2D eigenvalue weighted by atomic mass is 10.1. The van der Waals surface area contributed by atoms with Gasteiger partial charge in [-0.1, -0.05) is 34.6 Å². The first-order chi connectivity index (χ1) is 6.57. The molecule has 0 saturated heterocycles. The Morgan fingerprint density at radius 1 is 1.29 bits per heavy atom. The third kappa shape index (κ3) is 13.5. The molecule has 5 heteroatoms. The van der Waals surface area contributed by atoms with E-state index >= 15 is 0 Å². The zero-order chi connectivity index (χ0) is 12.1. The molecule has 1 amide bonds. The lowest BCUT2D eigenvalue weighted by molar-refractivity contribution is -0.140. The molecule has 14 heavy (non-hydrogen) atoms. The summed E-state index contributed by atoms with van der Waals surface area (Å²) in [6, 6.07) is 0. The fraction of sp³-hybridized carbons (Fsp3) is 0.778. The van der Waals surface area contributed by atoms with Gasteiger partial charge in [-0.05, 0) is 0 Å². The molecule has 0 aromatic rings. The van der Waals surface area contributed by atoms with Crippen molar-refractivity contribution in [1.82, 2.24) is 5.43 Å². The second-order valence-electron chi connectivity index (χ2n) is 2.01. The van der Waals surface area contributed by atoms with Crippen molar-refractivity contribution in [2.45, 2.75) is 41.0 Å². The minimum absolute atomic E-state index is 0.191. The molecule has 0 saturated carbocycles. The zero-order valence-electron chi connectivity index (χ0n) is 9.63. The van der Waals surface area contributed by atoms with Crippen molar-refractivity contribution in [3.63, 3.8) is 0 Å². The highest BCUT2D eigenvalue weighted by Gasteiger charge is 2.14. The van der Waals surface area contributed by atoms with Gasteiger partial charge in [0.1, 0.15) is 0 Å². The second kappa shape index (κ2) is 14.4. The Morgan fingerprint density at radius 2 is 1.64 bits per heavy atom. The number of nitrogens with two attached hydrogens (primary N) is 1. The highest BCUT2D eigenvalue weighted by atomic mass is 16.4. The molecule has 0 aromatic carbocycles. The zero-order valence-corrected chi connectivity index (χ0v) is 9.63. The van der Waals surface area contributed by atoms with Crippen LogP contribution in [0.5, 0.6) is 0 Å². The summed E-state index contributed by atoms with van der Waals surface area (Å²) in [7, 11) is 0. The molecule has 86 valence electrons. The third-order valence-corrected chi connectivity index (χ3v) is 1.07. The van der Waals surface area contributed by atoms with Crippen LogP contribution in [0.15, 0.2) is 0 Å². The van der Waals surface area contributed by atoms with E-state index in [0.717, 1.165) is 0 Å². The lowest BCUT2D eigenvalue weighted by Crippen LogP contribution is -2.35. The third-order valence-electron chi connectivity index (χ3n) is 1.07. The molecule has 0 aliphatic carbocycles. The summed E-state index contributed by atoms with van der Waals surface area (Å²) < 4.78 is 0. The molecule has 0 heterocycles. The van der Waals surface area contributed by atoms with Crippen molar-refractivity contribution in [3.05, 3.63) is 0 Å². The number of hydrogen-bond acceptors (Lipinski definition) is 3. The SMILES string of the molecule is CC.CC.CC(CC(=O)O)C(=O)NN. The Balaban J connectivity index is -0.000000266. The summed E-state index contributed by atoms with van der Waals surface area (Å²) in [6.45, 7) is 9.50. The number of carboxylic acids is 1. The number of rotatable bonds is 3. The lowest BCUT2D eigenvalue weighted by Gasteiger charge is -2.04. The fourth-order valence-electron chi connectivity index (χ4n) is 0.497. The maximum atomic E-state index is 10.5. The topological polar surface area (TPSA) is 92.4 Å². The van der Waals surface area contributed by atoms with Gasteiger partial charge < -0.3 is 5.11 Å². The first-order valence-electron chi connectivity index (χ1n) is 4.80. The molecule has 0 rings (SSSR count). The van der Waals surface area contributed by atoms with E-state index in [2.05, 4.69) is 0 Å². The minimum atomic E-state index is -1.00. The minimum Gasteiger partial charge on any atom is -0.481 e. The Kier molecular flexibility index (Phi) is 19.2. The van der Waals surface area contributed by atoms with Crippen LogP contribution in [0.2, 0.25) is 0 Å². The fourth-order valence-corrected chi connectivity index (χ4v) is 0.497. The van der Waals surface area contributed by atoms with Crippen LogP contribution >= 0.6 is 0 Å². The van der Waals surface area contributed by atoms with Crippen LogP contribution in [-0.4, -0.2) is 17.0 Å². The van der Waals surface area contributed by atoms with Crippen molar-refractivity contribution in [1.29, 1.82) is 0 Å². The Bertz CT molecular complexity index is 149. The second-order valence-corrected chi connectivity index (χ2v) is 2.01. The van der Waals surface area contributed by atoms with E-state index in [1.165, 1.54) is 6.92 Å². The first kappa shape index (κ1) is 18.6. The van der Waals surface area contributed by atoms with Gasteiger partial charge in [0.25, 0.3) is 0 Å². The molecule has 0 bridgehead atoms. The quantitative estimate of drug-likeness (QED) is 0.367. The monoisotopic (exact) mass is 206 g/mol. The molecule has 0 fully saturated rings. The number of carbonyl (C=O) groups is 2. The standard InChI is InChI=1S/C5H10N2O3.2C2H6/c1-3(2-4(8)9)5(10)7-6;2*1-2/h3H,2,6H2,1H3,(H,7,10)(H,8,9);2*1-2H3. The normalized spacial score (nSPS) is 9.57. The summed E-state index contributed by atoms with van der Waals surface area (Å²) in [5.74, 6) is 2.73. The summed E-state index contributed by atoms with van der Waals surface area (Å²) in [4.78, 5) is 20.6. The number of amides is 1. The molecule has 1 atom stereocenters. The van der Waals surface area contributed by atoms with Crippen molar-refractivity contribution < 1.29 is 14.7 Å². The van der Waals surface area contributed by atoms with E-state index in [4.69, 9.17) is 10.9 Å². The van der Waals surface area contributed by atoms with E-state index in [1.807, 2.05) is 33.1 Å². The van der Waals surface area contributed by atoms with E-state index in [0.29, 0.717) is 0 Å². The predicted octanol–water partition coefficient (Wildman–Crippen LogP) is 1.14. The van der Waals surface area contributed by atoms with Crippen molar-refractivity contribution in [3.8, 4) is 0 Å². The van der Waals surface area contributed by atoms with Crippen molar-refractivity contribution in [2.24, 2.45) is 11.8 Å². The van der Waals surface area contributed by atoms with Crippen LogP contribution < -0.4 is 11.3 Å². The van der Waals surface area contributed by atoms with Crippen molar-refractivity contribution in [2.75, 3.05) is 0 Å². The molecule has 1 unspecified atom stereocenters. The van der Waals surface area contributed by atoms with Crippen LogP contribution in [0, 0.1) is 5.92 Å². The largest absolute Gasteiger partial charge is 0.481 e. The molecule has 4 N–H and O–H groups in total. The van der Waals surface area contributed by atoms with Crippen molar-refractivity contribution >= 4 is 11.9 Å². The molecular formula is C9H22N2O3. The number of carboxylic acid groups (broad SMARTS) is 1. The Labute approximate surface area is 85.6 Å². The predicted molar refractivity (Wildman–Crippen MR) is 56.4 cm³/mol. The van der Waals surface area contributed by atoms with Gasteiger partial charge >= 0.3 is 5.97 Å². The maximum Gasteiger partial charge on any atom is 0.304 e. The maximum absolute atomic E-state index is 10.5. The van der Waals surface area contributed by atoms with Gasteiger partial charge in [0.15, 0.2) is 0 Å². The van der Waals surface area contributed by atoms with Crippen LogP contribution in [-0.2, 0) is 9.59 Å². The number of nitrogens with one attached hydrogen (secondary N) is 1. The van der Waals surface area contributed by atoms with Gasteiger partial charge in [0.05, 0.1) is 6.42 Å². The molecule has 0 aliphatic heterocycles. The van der Waals surface area contributed by atoms with Gasteiger partial charge in [-0.15, -0.1) is 0 Å². The van der Waals surface area contributed by atoms with Crippen LogP contribution in [0.4, 0.5) is 0 Å². The summed E-state index contributed by atoms with van der Waals surface area (Å²) >= 11 is 0. The van der Waals surface area contributed by atoms with E-state index < -0.39 is 17.8 Å². The van der Waals surface area contributed by atoms with Crippen LogP contribution in [0.25, 0.3) is 0 Å². The smallest absolute Gasteiger partial charge is 0.304 e. The Hall–Kier alpha value is -1.10. The van der Waals surface area contributed by atoms with Gasteiger partial charge in [-0.3, -0.25) is 15.0 Å². The summed E-state index contributed by atoms with van der Waals surface area (Å²) in [5.41, 5.74) is 1.87. The number of carbonyl (C=O) groups excluding carboxylic acids is 1. The highest BCUT2D eigenvalue weighted by molar-refractivity contribution is 5.82. The van der Waals surface area contributed by atoms with E-state index in [9.17, 15) is 9.59 Å². The Morgan fingerprint density at radius 3 is 1.86 bits per heavy atom. The summed E-state index contributed by atoms with van der Waals surface area (Å²) in [6.07, 6.45) is -0.191. The van der Waals surface area contributed by atoms with Gasteiger partial charge in [0.2, 0.25) is 5.91 Å².